The van der Waals surface area contributed by atoms with Gasteiger partial charge in [-0.3, -0.25) is 0 Å². The van der Waals surface area contributed by atoms with Gasteiger partial charge in [0.2, 0.25) is 0 Å². The number of nitrogens with two attached hydrogens (primary N) is 1. The van der Waals surface area contributed by atoms with Crippen LogP contribution in [0.2, 0.25) is 0 Å². The van der Waals surface area contributed by atoms with Crippen molar-refractivity contribution >= 4 is 11.9 Å². The highest BCUT2D eigenvalue weighted by molar-refractivity contribution is 5.94. The van der Waals surface area contributed by atoms with E-state index in [0.717, 1.165) is 18.9 Å². The summed E-state index contributed by atoms with van der Waals surface area (Å²) in [6.45, 7) is 4.00. The van der Waals surface area contributed by atoms with Crippen LogP contribution in [0.5, 0.6) is 0 Å². The molecule has 0 fully saturated rings. The molecular formula is C13H21NO4. The van der Waals surface area contributed by atoms with Gasteiger partial charge in [0.1, 0.15) is 0 Å². The molecule has 0 spiro atoms. The second-order valence-corrected chi connectivity index (χ2v) is 3.62. The van der Waals surface area contributed by atoms with E-state index < -0.39 is 11.9 Å². The Morgan fingerprint density at radius 2 is 1.89 bits per heavy atom. The SMILES string of the molecule is CCCCC(N)=C(C=CC(=O)OC)C(=O)OCC. The van der Waals surface area contributed by atoms with Crippen LogP contribution >= 0.6 is 0 Å². The molecule has 0 saturated heterocycles. The van der Waals surface area contributed by atoms with Gasteiger partial charge in [-0.25, -0.2) is 9.59 Å². The van der Waals surface area contributed by atoms with Gasteiger partial charge in [0.25, 0.3) is 0 Å². The van der Waals surface area contributed by atoms with Crippen LogP contribution in [-0.2, 0) is 19.1 Å². The summed E-state index contributed by atoms with van der Waals surface area (Å²) in [6.07, 6.45) is 4.94. The molecule has 0 aliphatic heterocycles. The normalized spacial score (nSPS) is 12.2. The predicted octanol–water partition coefficient (Wildman–Crippen LogP) is 1.68. The molecule has 0 saturated carbocycles. The number of allylic oxidation sites excluding steroid dienone is 1. The van der Waals surface area contributed by atoms with Gasteiger partial charge in [0, 0.05) is 11.8 Å². The fourth-order valence-electron chi connectivity index (χ4n) is 1.24. The van der Waals surface area contributed by atoms with Crippen LogP contribution in [0.3, 0.4) is 0 Å². The monoisotopic (exact) mass is 255 g/mol. The number of unbranched alkanes of at least 4 members (excludes halogenated alkanes) is 1. The molecule has 102 valence electrons. The van der Waals surface area contributed by atoms with Crippen molar-refractivity contribution in [3.63, 3.8) is 0 Å². The zero-order valence-electron chi connectivity index (χ0n) is 11.2. The lowest BCUT2D eigenvalue weighted by atomic mass is 10.1. The average molecular weight is 255 g/mol. The van der Waals surface area contributed by atoms with E-state index in [1.165, 1.54) is 13.2 Å². The van der Waals surface area contributed by atoms with Crippen molar-refractivity contribution in [2.45, 2.75) is 33.1 Å². The smallest absolute Gasteiger partial charge is 0.339 e. The van der Waals surface area contributed by atoms with Gasteiger partial charge in [0.15, 0.2) is 0 Å². The summed E-state index contributed by atoms with van der Waals surface area (Å²) in [5.41, 5.74) is 6.48. The Balaban J connectivity index is 4.97. The number of methoxy groups -OCH3 is 1. The van der Waals surface area contributed by atoms with Crippen molar-refractivity contribution in [2.75, 3.05) is 13.7 Å². The number of ether oxygens (including phenoxy) is 2. The van der Waals surface area contributed by atoms with Gasteiger partial charge in [-0.15, -0.1) is 0 Å². The lowest BCUT2D eigenvalue weighted by Crippen LogP contribution is -2.13. The standard InChI is InChI=1S/C13H21NO4/c1-4-6-7-11(14)10(13(16)18-5-2)8-9-12(15)17-3/h8-9H,4-7,14H2,1-3H3. The van der Waals surface area contributed by atoms with E-state index in [9.17, 15) is 9.59 Å². The molecule has 0 atom stereocenters. The van der Waals surface area contributed by atoms with Crippen LogP contribution in [-0.4, -0.2) is 25.7 Å². The fraction of sp³-hybridized carbons (Fsp3) is 0.538. The third kappa shape index (κ3) is 6.08. The number of hydrogen-bond donors (Lipinski definition) is 1. The minimum absolute atomic E-state index is 0.218. The topological polar surface area (TPSA) is 78.6 Å². The Kier molecular flexibility index (Phi) is 8.35. The second kappa shape index (κ2) is 9.27. The molecule has 0 aliphatic carbocycles. The zero-order valence-corrected chi connectivity index (χ0v) is 11.2. The van der Waals surface area contributed by atoms with Gasteiger partial charge >= 0.3 is 11.9 Å². The number of esters is 2. The third-order valence-electron chi connectivity index (χ3n) is 2.23. The maximum atomic E-state index is 11.7. The van der Waals surface area contributed by atoms with Crippen molar-refractivity contribution < 1.29 is 19.1 Å². The molecule has 0 amide bonds. The minimum atomic E-state index is -0.542. The molecule has 5 heteroatoms. The van der Waals surface area contributed by atoms with Crippen LogP contribution < -0.4 is 5.73 Å². The van der Waals surface area contributed by atoms with Crippen LogP contribution in [0, 0.1) is 0 Å². The summed E-state index contributed by atoms with van der Waals surface area (Å²) >= 11 is 0. The average Bonchev–Trinajstić information content (AvgIpc) is 2.36. The van der Waals surface area contributed by atoms with Crippen molar-refractivity contribution in [2.24, 2.45) is 5.73 Å². The number of hydrogen-bond acceptors (Lipinski definition) is 5. The van der Waals surface area contributed by atoms with E-state index in [-0.39, 0.29) is 12.2 Å². The van der Waals surface area contributed by atoms with E-state index in [1.54, 1.807) is 6.92 Å². The summed E-state index contributed by atoms with van der Waals surface area (Å²) in [5, 5.41) is 0. The van der Waals surface area contributed by atoms with Crippen LogP contribution in [0.1, 0.15) is 33.1 Å². The zero-order chi connectivity index (χ0) is 14.0. The molecule has 0 radical (unpaired) electrons. The molecule has 2 N–H and O–H groups in total. The Labute approximate surface area is 108 Å². The lowest BCUT2D eigenvalue weighted by molar-refractivity contribution is -0.138. The molecule has 0 aromatic carbocycles. The van der Waals surface area contributed by atoms with Gasteiger partial charge in [0.05, 0.1) is 19.3 Å². The molecule has 0 rings (SSSR count). The number of carbonyl (C=O) groups excluding carboxylic acids is 2. The van der Waals surface area contributed by atoms with E-state index >= 15 is 0 Å². The fourth-order valence-corrected chi connectivity index (χ4v) is 1.24. The quantitative estimate of drug-likeness (QED) is 0.425. The summed E-state index contributed by atoms with van der Waals surface area (Å²) in [6, 6.07) is 0. The molecule has 5 nitrogen and oxygen atoms in total. The molecule has 0 bridgehead atoms. The Bertz CT molecular complexity index is 345. The molecule has 0 aromatic rings. The van der Waals surface area contributed by atoms with Gasteiger partial charge in [-0.05, 0) is 25.8 Å². The first kappa shape index (κ1) is 16.2. The van der Waals surface area contributed by atoms with Crippen LogP contribution in [0.15, 0.2) is 23.4 Å². The number of carbonyl (C=O) groups is 2. The molecule has 18 heavy (non-hydrogen) atoms. The summed E-state index contributed by atoms with van der Waals surface area (Å²) < 4.78 is 9.35. The first-order chi connectivity index (χ1) is 8.56. The highest BCUT2D eigenvalue weighted by Gasteiger charge is 2.12. The van der Waals surface area contributed by atoms with Crippen molar-refractivity contribution in [3.05, 3.63) is 23.4 Å². The molecule has 0 aromatic heterocycles. The van der Waals surface area contributed by atoms with E-state index in [0.29, 0.717) is 12.1 Å². The minimum Gasteiger partial charge on any atom is -0.466 e. The van der Waals surface area contributed by atoms with Gasteiger partial charge in [-0.1, -0.05) is 13.3 Å². The Morgan fingerprint density at radius 1 is 1.22 bits per heavy atom. The largest absolute Gasteiger partial charge is 0.466 e. The maximum Gasteiger partial charge on any atom is 0.339 e. The highest BCUT2D eigenvalue weighted by atomic mass is 16.5. The summed E-state index contributed by atoms with van der Waals surface area (Å²) in [5.74, 6) is -1.06. The Hall–Kier alpha value is -1.78. The lowest BCUT2D eigenvalue weighted by Gasteiger charge is -2.07. The van der Waals surface area contributed by atoms with Crippen molar-refractivity contribution in [1.29, 1.82) is 0 Å². The van der Waals surface area contributed by atoms with E-state index in [1.807, 2.05) is 6.92 Å². The third-order valence-corrected chi connectivity index (χ3v) is 2.23. The van der Waals surface area contributed by atoms with Gasteiger partial charge < -0.3 is 15.2 Å². The molecule has 0 heterocycles. The predicted molar refractivity (Wildman–Crippen MR) is 68.5 cm³/mol. The van der Waals surface area contributed by atoms with Crippen LogP contribution in [0.25, 0.3) is 0 Å². The van der Waals surface area contributed by atoms with E-state index in [2.05, 4.69) is 4.74 Å². The van der Waals surface area contributed by atoms with Crippen molar-refractivity contribution in [3.8, 4) is 0 Å². The Morgan fingerprint density at radius 3 is 2.39 bits per heavy atom. The maximum absolute atomic E-state index is 11.7. The highest BCUT2D eigenvalue weighted by Crippen LogP contribution is 2.11. The van der Waals surface area contributed by atoms with Crippen molar-refractivity contribution in [1.82, 2.24) is 0 Å². The first-order valence-electron chi connectivity index (χ1n) is 5.98. The molecule has 0 unspecified atom stereocenters. The van der Waals surface area contributed by atoms with Gasteiger partial charge in [-0.2, -0.15) is 0 Å². The summed E-state index contributed by atoms with van der Waals surface area (Å²) in [7, 11) is 1.26. The summed E-state index contributed by atoms with van der Waals surface area (Å²) in [4.78, 5) is 22.7. The van der Waals surface area contributed by atoms with Crippen LogP contribution in [0.4, 0.5) is 0 Å². The molecular weight excluding hydrogens is 234 g/mol. The van der Waals surface area contributed by atoms with E-state index in [4.69, 9.17) is 10.5 Å². The second-order valence-electron chi connectivity index (χ2n) is 3.62. The first-order valence-corrected chi connectivity index (χ1v) is 5.98. The number of rotatable bonds is 7. The molecule has 0 aliphatic rings.